The van der Waals surface area contributed by atoms with Crippen LogP contribution in [0.25, 0.3) is 17.1 Å². The van der Waals surface area contributed by atoms with Gasteiger partial charge in [0.1, 0.15) is 11.5 Å². The molecular weight excluding hydrogens is 390 g/mol. The first-order chi connectivity index (χ1) is 15.2. The van der Waals surface area contributed by atoms with Crippen molar-refractivity contribution in [1.82, 2.24) is 9.97 Å². The molecule has 0 atom stereocenters. The second kappa shape index (κ2) is 9.54. The van der Waals surface area contributed by atoms with Gasteiger partial charge in [0.25, 0.3) is 0 Å². The Bertz CT molecular complexity index is 1220. The summed E-state index contributed by atoms with van der Waals surface area (Å²) in [6.45, 7) is 2.54. The van der Waals surface area contributed by atoms with Crippen molar-refractivity contribution in [2.45, 2.75) is 6.92 Å². The van der Waals surface area contributed by atoms with Crippen LogP contribution in [0.2, 0.25) is 0 Å². The average Bonchev–Trinajstić information content (AvgIpc) is 2.80. The van der Waals surface area contributed by atoms with Crippen LogP contribution in [-0.4, -0.2) is 22.5 Å². The van der Waals surface area contributed by atoms with Gasteiger partial charge in [-0.15, -0.1) is 0 Å². The third kappa shape index (κ3) is 5.25. The molecule has 3 aromatic carbocycles. The number of fused-ring (bicyclic) bond motifs is 1. The molecule has 0 saturated carbocycles. The van der Waals surface area contributed by atoms with E-state index in [0.29, 0.717) is 29.5 Å². The van der Waals surface area contributed by atoms with Crippen LogP contribution < -0.4 is 14.8 Å². The summed E-state index contributed by atoms with van der Waals surface area (Å²) in [6.07, 6.45) is 4.69. The van der Waals surface area contributed by atoms with Crippen molar-refractivity contribution in [3.8, 4) is 17.2 Å². The second-order valence-corrected chi connectivity index (χ2v) is 6.61. The summed E-state index contributed by atoms with van der Waals surface area (Å²) in [6, 6.07) is 22.2. The number of carbonyl (C=O) groups excluding carboxylic acids is 1. The zero-order valence-corrected chi connectivity index (χ0v) is 17.0. The van der Waals surface area contributed by atoms with Gasteiger partial charge >= 0.3 is 0 Å². The molecular formula is C25H21N3O3. The molecule has 0 spiro atoms. The van der Waals surface area contributed by atoms with E-state index in [-0.39, 0.29) is 5.91 Å². The van der Waals surface area contributed by atoms with Crippen LogP contribution in [-0.2, 0) is 4.79 Å². The number of hydrogen-bond acceptors (Lipinski definition) is 5. The number of amides is 1. The first kappa shape index (κ1) is 20.1. The number of nitrogens with zero attached hydrogens (tertiary/aromatic N) is 2. The topological polar surface area (TPSA) is 73.3 Å². The maximum absolute atomic E-state index is 12.5. The minimum Gasteiger partial charge on any atom is -0.494 e. The van der Waals surface area contributed by atoms with Crippen molar-refractivity contribution >= 4 is 28.7 Å². The fourth-order valence-electron chi connectivity index (χ4n) is 2.94. The highest BCUT2D eigenvalue weighted by molar-refractivity contribution is 6.02. The molecule has 6 heteroatoms. The normalized spacial score (nSPS) is 10.9. The molecule has 1 N–H and O–H groups in total. The van der Waals surface area contributed by atoms with E-state index in [1.165, 1.54) is 6.08 Å². The Kier molecular flexibility index (Phi) is 6.18. The van der Waals surface area contributed by atoms with E-state index in [1.807, 2.05) is 67.6 Å². The maximum Gasteiger partial charge on any atom is 0.248 e. The summed E-state index contributed by atoms with van der Waals surface area (Å²) in [5.41, 5.74) is 2.76. The lowest BCUT2D eigenvalue weighted by Gasteiger charge is -2.12. The van der Waals surface area contributed by atoms with Gasteiger partial charge in [-0.2, -0.15) is 0 Å². The molecule has 1 heterocycles. The molecule has 1 aromatic heterocycles. The summed E-state index contributed by atoms with van der Waals surface area (Å²) in [5.74, 6) is 1.67. The number of nitrogens with one attached hydrogen (secondary N) is 1. The largest absolute Gasteiger partial charge is 0.494 e. The molecule has 154 valence electrons. The minimum absolute atomic E-state index is 0.294. The maximum atomic E-state index is 12.5. The van der Waals surface area contributed by atoms with E-state index < -0.39 is 0 Å². The molecule has 0 radical (unpaired) electrons. The van der Waals surface area contributed by atoms with Crippen LogP contribution >= 0.6 is 0 Å². The van der Waals surface area contributed by atoms with Crippen molar-refractivity contribution < 1.29 is 14.3 Å². The first-order valence-electron chi connectivity index (χ1n) is 9.92. The van der Waals surface area contributed by atoms with E-state index in [4.69, 9.17) is 9.47 Å². The number of rotatable bonds is 7. The standard InChI is InChI=1S/C25H21N3O3/c1-2-30-19-12-14-20(15-13-19)31-24-10-6-5-9-23(24)28-25(29)16-11-18-17-26-21-7-3-4-8-22(21)27-18/h3-17H,2H2,1H3,(H,28,29)/b16-11+. The lowest BCUT2D eigenvalue weighted by atomic mass is 10.2. The molecule has 0 aliphatic rings. The first-order valence-corrected chi connectivity index (χ1v) is 9.92. The molecule has 31 heavy (non-hydrogen) atoms. The Morgan fingerprint density at radius 1 is 0.935 bits per heavy atom. The van der Waals surface area contributed by atoms with Crippen LogP contribution in [0.5, 0.6) is 17.2 Å². The van der Waals surface area contributed by atoms with Crippen molar-refractivity contribution in [3.05, 3.63) is 90.8 Å². The molecule has 0 bridgehead atoms. The SMILES string of the molecule is CCOc1ccc(Oc2ccccc2NC(=O)/C=C/c2cnc3ccccc3n2)cc1. The molecule has 0 aliphatic heterocycles. The van der Waals surface area contributed by atoms with E-state index in [9.17, 15) is 4.79 Å². The monoisotopic (exact) mass is 411 g/mol. The Hall–Kier alpha value is -4.19. The summed E-state index contributed by atoms with van der Waals surface area (Å²) >= 11 is 0. The number of hydrogen-bond donors (Lipinski definition) is 1. The van der Waals surface area contributed by atoms with Gasteiger partial charge in [0.2, 0.25) is 5.91 Å². The quantitative estimate of drug-likeness (QED) is 0.408. The molecule has 4 rings (SSSR count). The van der Waals surface area contributed by atoms with Crippen molar-refractivity contribution in [2.75, 3.05) is 11.9 Å². The van der Waals surface area contributed by atoms with E-state index in [1.54, 1.807) is 24.4 Å². The summed E-state index contributed by atoms with van der Waals surface area (Å²) < 4.78 is 11.4. The van der Waals surface area contributed by atoms with Crippen molar-refractivity contribution in [3.63, 3.8) is 0 Å². The smallest absolute Gasteiger partial charge is 0.248 e. The lowest BCUT2D eigenvalue weighted by molar-refractivity contribution is -0.111. The lowest BCUT2D eigenvalue weighted by Crippen LogP contribution is -2.08. The summed E-state index contributed by atoms with van der Waals surface area (Å²) in [5, 5.41) is 2.85. The molecule has 4 aromatic rings. The predicted octanol–water partition coefficient (Wildman–Crippen LogP) is 5.47. The fraction of sp³-hybridized carbons (Fsp3) is 0.0800. The predicted molar refractivity (Wildman–Crippen MR) is 121 cm³/mol. The Balaban J connectivity index is 1.44. The van der Waals surface area contributed by atoms with Crippen LogP contribution in [0.4, 0.5) is 5.69 Å². The van der Waals surface area contributed by atoms with Gasteiger partial charge in [-0.3, -0.25) is 9.78 Å². The molecule has 0 aliphatic carbocycles. The van der Waals surface area contributed by atoms with Crippen molar-refractivity contribution in [2.24, 2.45) is 0 Å². The third-order valence-corrected chi connectivity index (χ3v) is 4.38. The van der Waals surface area contributed by atoms with Crippen LogP contribution in [0.15, 0.2) is 85.1 Å². The Morgan fingerprint density at radius 2 is 1.65 bits per heavy atom. The number of benzene rings is 3. The number of aromatic nitrogens is 2. The van der Waals surface area contributed by atoms with Crippen LogP contribution in [0.3, 0.4) is 0 Å². The number of para-hydroxylation sites is 4. The molecule has 0 unspecified atom stereocenters. The van der Waals surface area contributed by atoms with Crippen molar-refractivity contribution in [1.29, 1.82) is 0 Å². The highest BCUT2D eigenvalue weighted by Gasteiger charge is 2.07. The van der Waals surface area contributed by atoms with E-state index in [0.717, 1.165) is 16.8 Å². The van der Waals surface area contributed by atoms with E-state index in [2.05, 4.69) is 15.3 Å². The summed E-state index contributed by atoms with van der Waals surface area (Å²) in [4.78, 5) is 21.3. The number of carbonyl (C=O) groups is 1. The molecule has 6 nitrogen and oxygen atoms in total. The van der Waals surface area contributed by atoms with E-state index >= 15 is 0 Å². The zero-order chi connectivity index (χ0) is 21.5. The minimum atomic E-state index is -0.294. The zero-order valence-electron chi connectivity index (χ0n) is 17.0. The van der Waals surface area contributed by atoms with Gasteiger partial charge in [-0.25, -0.2) is 4.98 Å². The average molecular weight is 411 g/mol. The van der Waals surface area contributed by atoms with Gasteiger partial charge in [-0.05, 0) is 61.5 Å². The van der Waals surface area contributed by atoms with Crippen LogP contribution in [0, 0.1) is 0 Å². The van der Waals surface area contributed by atoms with Crippen LogP contribution in [0.1, 0.15) is 12.6 Å². The highest BCUT2D eigenvalue weighted by atomic mass is 16.5. The Labute approximate surface area is 180 Å². The summed E-state index contributed by atoms with van der Waals surface area (Å²) in [7, 11) is 0. The Morgan fingerprint density at radius 3 is 2.45 bits per heavy atom. The number of anilines is 1. The second-order valence-electron chi connectivity index (χ2n) is 6.61. The third-order valence-electron chi connectivity index (χ3n) is 4.38. The van der Waals surface area contributed by atoms with Gasteiger partial charge in [0, 0.05) is 6.08 Å². The van der Waals surface area contributed by atoms with Gasteiger partial charge in [0.15, 0.2) is 5.75 Å². The van der Waals surface area contributed by atoms with Gasteiger partial charge in [-0.1, -0.05) is 24.3 Å². The van der Waals surface area contributed by atoms with Gasteiger partial charge in [0.05, 0.1) is 35.2 Å². The molecule has 1 amide bonds. The highest BCUT2D eigenvalue weighted by Crippen LogP contribution is 2.30. The molecule has 0 fully saturated rings. The van der Waals surface area contributed by atoms with Gasteiger partial charge < -0.3 is 14.8 Å². The molecule has 0 saturated heterocycles. The number of ether oxygens (including phenoxy) is 2. The fourth-order valence-corrected chi connectivity index (χ4v) is 2.94.